The molecule has 2 heterocycles. The van der Waals surface area contributed by atoms with E-state index in [1.165, 1.54) is 10.1 Å². The van der Waals surface area contributed by atoms with Crippen LogP contribution >= 0.6 is 11.3 Å². The summed E-state index contributed by atoms with van der Waals surface area (Å²) < 4.78 is 7.48. The zero-order valence-electron chi connectivity index (χ0n) is 14.6. The molecule has 0 unspecified atom stereocenters. The molecule has 5 rings (SSSR count). The van der Waals surface area contributed by atoms with Gasteiger partial charge in [0.2, 0.25) is 0 Å². The molecule has 0 amide bonds. The van der Waals surface area contributed by atoms with Crippen molar-refractivity contribution >= 4 is 32.4 Å². The maximum absolute atomic E-state index is 10.2. The third-order valence-electron chi connectivity index (χ3n) is 4.76. The summed E-state index contributed by atoms with van der Waals surface area (Å²) in [6.07, 6.45) is 0. The standard InChI is InChI=1S/C23H16O3S/c1-13-10-17(25)12-18-21(20-11-15-4-2-3-5-19(15)27-20)23(26-22(13)18)14-6-8-16(24)9-7-14/h2-12,24-25H,1H3. The number of benzene rings is 3. The van der Waals surface area contributed by atoms with E-state index in [0.29, 0.717) is 0 Å². The molecular formula is C23H16O3S. The maximum atomic E-state index is 10.2. The monoisotopic (exact) mass is 372 g/mol. The second kappa shape index (κ2) is 5.89. The Labute approximate surface area is 159 Å². The van der Waals surface area contributed by atoms with E-state index >= 15 is 0 Å². The van der Waals surface area contributed by atoms with Gasteiger partial charge >= 0.3 is 0 Å². The molecule has 0 saturated heterocycles. The normalized spacial score (nSPS) is 11.4. The number of fused-ring (bicyclic) bond motifs is 2. The van der Waals surface area contributed by atoms with Gasteiger partial charge in [-0.1, -0.05) is 18.2 Å². The van der Waals surface area contributed by atoms with Gasteiger partial charge in [0.1, 0.15) is 22.8 Å². The van der Waals surface area contributed by atoms with Crippen LogP contribution < -0.4 is 0 Å². The predicted molar refractivity (Wildman–Crippen MR) is 111 cm³/mol. The summed E-state index contributed by atoms with van der Waals surface area (Å²) in [5.41, 5.74) is 3.51. The van der Waals surface area contributed by atoms with Gasteiger partial charge in [-0.3, -0.25) is 0 Å². The van der Waals surface area contributed by atoms with Crippen molar-refractivity contribution in [1.82, 2.24) is 0 Å². The van der Waals surface area contributed by atoms with Crippen LogP contribution in [0.15, 0.2) is 71.1 Å². The molecular weight excluding hydrogens is 356 g/mol. The van der Waals surface area contributed by atoms with Crippen LogP contribution in [-0.2, 0) is 0 Å². The van der Waals surface area contributed by atoms with E-state index in [1.807, 2.05) is 31.2 Å². The van der Waals surface area contributed by atoms with Crippen molar-refractivity contribution in [3.05, 3.63) is 72.3 Å². The van der Waals surface area contributed by atoms with Crippen LogP contribution in [0.25, 0.3) is 42.8 Å². The van der Waals surface area contributed by atoms with Gasteiger partial charge in [0.15, 0.2) is 0 Å². The molecule has 2 N–H and O–H groups in total. The van der Waals surface area contributed by atoms with E-state index in [2.05, 4.69) is 18.2 Å². The highest BCUT2D eigenvalue weighted by molar-refractivity contribution is 7.22. The molecule has 4 heteroatoms. The zero-order valence-corrected chi connectivity index (χ0v) is 15.4. The smallest absolute Gasteiger partial charge is 0.144 e. The van der Waals surface area contributed by atoms with E-state index in [4.69, 9.17) is 4.42 Å². The van der Waals surface area contributed by atoms with Crippen LogP contribution in [0.3, 0.4) is 0 Å². The molecule has 3 nitrogen and oxygen atoms in total. The number of aryl methyl sites for hydroxylation is 1. The molecule has 132 valence electrons. The average Bonchev–Trinajstić information content (AvgIpc) is 3.23. The summed E-state index contributed by atoms with van der Waals surface area (Å²) in [4.78, 5) is 1.09. The Morgan fingerprint density at radius 1 is 0.852 bits per heavy atom. The van der Waals surface area contributed by atoms with Crippen molar-refractivity contribution in [2.24, 2.45) is 0 Å². The molecule has 27 heavy (non-hydrogen) atoms. The first-order chi connectivity index (χ1) is 13.1. The Hall–Kier alpha value is -3.24. The van der Waals surface area contributed by atoms with Crippen LogP contribution in [0, 0.1) is 6.92 Å². The number of thiophene rings is 1. The van der Waals surface area contributed by atoms with E-state index < -0.39 is 0 Å². The fourth-order valence-electron chi connectivity index (χ4n) is 3.52. The van der Waals surface area contributed by atoms with Gasteiger partial charge < -0.3 is 14.6 Å². The summed E-state index contributed by atoms with van der Waals surface area (Å²) in [5, 5.41) is 21.9. The van der Waals surface area contributed by atoms with Crippen LogP contribution in [-0.4, -0.2) is 10.2 Å². The molecule has 3 aromatic carbocycles. The fourth-order valence-corrected chi connectivity index (χ4v) is 4.64. The SMILES string of the molecule is Cc1cc(O)cc2c(-c3cc4ccccc4s3)c(-c3ccc(O)cc3)oc12. The number of hydrogen-bond acceptors (Lipinski definition) is 4. The molecule has 0 aliphatic heterocycles. The van der Waals surface area contributed by atoms with Crippen LogP contribution in [0.5, 0.6) is 11.5 Å². The van der Waals surface area contributed by atoms with E-state index in [1.54, 1.807) is 35.6 Å². The van der Waals surface area contributed by atoms with E-state index in [9.17, 15) is 10.2 Å². The minimum atomic E-state index is 0.215. The summed E-state index contributed by atoms with van der Waals surface area (Å²) in [5.74, 6) is 1.18. The maximum Gasteiger partial charge on any atom is 0.144 e. The molecule has 0 spiro atoms. The largest absolute Gasteiger partial charge is 0.508 e. The molecule has 0 aliphatic rings. The first-order valence-corrected chi connectivity index (χ1v) is 9.46. The van der Waals surface area contributed by atoms with Crippen molar-refractivity contribution in [2.45, 2.75) is 6.92 Å². The summed E-state index contributed by atoms with van der Waals surface area (Å²) in [7, 11) is 0. The zero-order chi connectivity index (χ0) is 18.5. The molecule has 0 radical (unpaired) electrons. The lowest BCUT2D eigenvalue weighted by Gasteiger charge is -2.02. The molecule has 0 aliphatic carbocycles. The molecule has 0 fully saturated rings. The van der Waals surface area contributed by atoms with Crippen molar-refractivity contribution < 1.29 is 14.6 Å². The highest BCUT2D eigenvalue weighted by Gasteiger charge is 2.21. The van der Waals surface area contributed by atoms with Crippen LogP contribution in [0.2, 0.25) is 0 Å². The van der Waals surface area contributed by atoms with Gasteiger partial charge in [-0.15, -0.1) is 11.3 Å². The minimum Gasteiger partial charge on any atom is -0.508 e. The van der Waals surface area contributed by atoms with Crippen molar-refractivity contribution in [3.63, 3.8) is 0 Å². The fraction of sp³-hybridized carbons (Fsp3) is 0.0435. The highest BCUT2D eigenvalue weighted by Crippen LogP contribution is 2.46. The van der Waals surface area contributed by atoms with Crippen LogP contribution in [0.4, 0.5) is 0 Å². The van der Waals surface area contributed by atoms with Crippen molar-refractivity contribution in [2.75, 3.05) is 0 Å². The molecule has 0 atom stereocenters. The van der Waals surface area contributed by atoms with Gasteiger partial charge in [-0.25, -0.2) is 0 Å². The third-order valence-corrected chi connectivity index (χ3v) is 5.89. The lowest BCUT2D eigenvalue weighted by atomic mass is 10.0. The molecule has 0 saturated carbocycles. The van der Waals surface area contributed by atoms with Crippen LogP contribution in [0.1, 0.15) is 5.56 Å². The number of phenolic OH excluding ortho intramolecular Hbond substituents is 2. The van der Waals surface area contributed by atoms with Gasteiger partial charge in [-0.05, 0) is 66.4 Å². The molecule has 5 aromatic rings. The summed E-state index contributed by atoms with van der Waals surface area (Å²) in [6.45, 7) is 1.93. The van der Waals surface area contributed by atoms with Gasteiger partial charge in [0.05, 0.1) is 0 Å². The van der Waals surface area contributed by atoms with E-state index in [0.717, 1.165) is 38.3 Å². The van der Waals surface area contributed by atoms with Gasteiger partial charge in [0.25, 0.3) is 0 Å². The number of rotatable bonds is 2. The second-order valence-electron chi connectivity index (χ2n) is 6.64. The Morgan fingerprint density at radius 3 is 2.41 bits per heavy atom. The highest BCUT2D eigenvalue weighted by atomic mass is 32.1. The number of phenols is 2. The Morgan fingerprint density at radius 2 is 1.63 bits per heavy atom. The van der Waals surface area contributed by atoms with Crippen molar-refractivity contribution in [3.8, 4) is 33.3 Å². The average molecular weight is 372 g/mol. The summed E-state index contributed by atoms with van der Waals surface area (Å²) >= 11 is 1.70. The Kier molecular flexibility index (Phi) is 3.49. The Bertz CT molecular complexity index is 1260. The lowest BCUT2D eigenvalue weighted by molar-refractivity contribution is 0.474. The predicted octanol–water partition coefficient (Wildman–Crippen LogP) is 6.70. The van der Waals surface area contributed by atoms with Gasteiger partial charge in [0, 0.05) is 26.1 Å². The minimum absolute atomic E-state index is 0.215. The topological polar surface area (TPSA) is 53.6 Å². The molecule has 2 aromatic heterocycles. The first-order valence-electron chi connectivity index (χ1n) is 8.64. The quantitative estimate of drug-likeness (QED) is 0.362. The second-order valence-corrected chi connectivity index (χ2v) is 7.72. The number of aromatic hydroxyl groups is 2. The Balaban J connectivity index is 1.87. The molecule has 0 bridgehead atoms. The first kappa shape index (κ1) is 16.0. The number of hydrogen-bond donors (Lipinski definition) is 2. The van der Waals surface area contributed by atoms with Gasteiger partial charge in [-0.2, -0.15) is 0 Å². The summed E-state index contributed by atoms with van der Waals surface area (Å²) in [6, 6.07) is 20.9. The van der Waals surface area contributed by atoms with Crippen molar-refractivity contribution in [1.29, 1.82) is 0 Å². The van der Waals surface area contributed by atoms with E-state index in [-0.39, 0.29) is 11.5 Å². The lowest BCUT2D eigenvalue weighted by Crippen LogP contribution is -1.78. The third kappa shape index (κ3) is 2.57. The number of furan rings is 1.